The van der Waals surface area contributed by atoms with Crippen molar-refractivity contribution < 1.29 is 9.90 Å². The van der Waals surface area contributed by atoms with Crippen LogP contribution in [0, 0.1) is 0 Å². The van der Waals surface area contributed by atoms with E-state index in [0.29, 0.717) is 0 Å². The van der Waals surface area contributed by atoms with Crippen LogP contribution in [0.15, 0.2) is 30.3 Å². The van der Waals surface area contributed by atoms with Gasteiger partial charge < -0.3 is 5.11 Å². The zero-order valence-electron chi connectivity index (χ0n) is 10.6. The SMILES string of the molecule is CCN(CC(=O)O)C(C)c1cc2ccccc2s1. The summed E-state index contributed by atoms with van der Waals surface area (Å²) in [6.07, 6.45) is 0. The van der Waals surface area contributed by atoms with E-state index in [1.165, 1.54) is 15.0 Å². The number of benzene rings is 1. The molecule has 0 spiro atoms. The first-order valence-corrected chi connectivity index (χ1v) is 6.87. The predicted octanol–water partition coefficient (Wildman–Crippen LogP) is 3.37. The molecule has 0 amide bonds. The van der Waals surface area contributed by atoms with Crippen LogP contribution in [0.3, 0.4) is 0 Å². The lowest BCUT2D eigenvalue weighted by atomic mass is 10.2. The van der Waals surface area contributed by atoms with Gasteiger partial charge in [-0.05, 0) is 31.0 Å². The molecule has 0 aliphatic heterocycles. The van der Waals surface area contributed by atoms with E-state index in [0.717, 1.165) is 6.54 Å². The monoisotopic (exact) mass is 263 g/mol. The van der Waals surface area contributed by atoms with Gasteiger partial charge in [0.2, 0.25) is 0 Å². The molecular weight excluding hydrogens is 246 g/mol. The van der Waals surface area contributed by atoms with Gasteiger partial charge in [0.05, 0.1) is 6.54 Å². The van der Waals surface area contributed by atoms with E-state index in [1.807, 2.05) is 24.0 Å². The molecule has 1 heterocycles. The Labute approximate surface area is 111 Å². The van der Waals surface area contributed by atoms with Crippen LogP contribution in [-0.4, -0.2) is 29.1 Å². The molecule has 4 heteroatoms. The average molecular weight is 263 g/mol. The molecule has 3 nitrogen and oxygen atoms in total. The summed E-state index contributed by atoms with van der Waals surface area (Å²) in [5, 5.41) is 10.1. The van der Waals surface area contributed by atoms with E-state index < -0.39 is 5.97 Å². The van der Waals surface area contributed by atoms with Crippen molar-refractivity contribution >= 4 is 27.4 Å². The van der Waals surface area contributed by atoms with Crippen molar-refractivity contribution in [3.05, 3.63) is 35.2 Å². The molecule has 0 bridgehead atoms. The topological polar surface area (TPSA) is 40.5 Å². The van der Waals surface area contributed by atoms with Gasteiger partial charge in [-0.25, -0.2) is 0 Å². The fourth-order valence-electron chi connectivity index (χ4n) is 2.08. The van der Waals surface area contributed by atoms with E-state index in [-0.39, 0.29) is 12.6 Å². The van der Waals surface area contributed by atoms with Crippen LogP contribution in [-0.2, 0) is 4.79 Å². The molecule has 2 aromatic rings. The van der Waals surface area contributed by atoms with Crippen molar-refractivity contribution in [1.82, 2.24) is 4.90 Å². The first-order chi connectivity index (χ1) is 8.61. The fraction of sp³-hybridized carbons (Fsp3) is 0.357. The van der Waals surface area contributed by atoms with Gasteiger partial charge in [-0.3, -0.25) is 9.69 Å². The number of nitrogens with zero attached hydrogens (tertiary/aromatic N) is 1. The quantitative estimate of drug-likeness (QED) is 0.899. The highest BCUT2D eigenvalue weighted by atomic mass is 32.1. The van der Waals surface area contributed by atoms with Crippen LogP contribution >= 0.6 is 11.3 Å². The van der Waals surface area contributed by atoms with Crippen molar-refractivity contribution in [2.75, 3.05) is 13.1 Å². The Kier molecular flexibility index (Phi) is 3.99. The molecule has 0 saturated carbocycles. The molecule has 0 aliphatic carbocycles. The lowest BCUT2D eigenvalue weighted by Crippen LogP contribution is -2.31. The smallest absolute Gasteiger partial charge is 0.317 e. The Morgan fingerprint density at radius 3 is 2.78 bits per heavy atom. The number of carboxylic acids is 1. The van der Waals surface area contributed by atoms with Crippen molar-refractivity contribution in [2.24, 2.45) is 0 Å². The lowest BCUT2D eigenvalue weighted by molar-refractivity contribution is -0.138. The maximum atomic E-state index is 10.8. The highest BCUT2D eigenvalue weighted by molar-refractivity contribution is 7.19. The van der Waals surface area contributed by atoms with Crippen LogP contribution < -0.4 is 0 Å². The molecule has 1 aromatic heterocycles. The Hall–Kier alpha value is -1.39. The molecule has 18 heavy (non-hydrogen) atoms. The molecule has 1 atom stereocenters. The number of hydrogen-bond donors (Lipinski definition) is 1. The van der Waals surface area contributed by atoms with Gasteiger partial charge in [-0.15, -0.1) is 11.3 Å². The van der Waals surface area contributed by atoms with Gasteiger partial charge in [0.1, 0.15) is 0 Å². The summed E-state index contributed by atoms with van der Waals surface area (Å²) < 4.78 is 1.26. The molecule has 1 unspecified atom stereocenters. The summed E-state index contributed by atoms with van der Waals surface area (Å²) >= 11 is 1.74. The summed E-state index contributed by atoms with van der Waals surface area (Å²) in [6, 6.07) is 10.6. The van der Waals surface area contributed by atoms with Crippen LogP contribution in [0.1, 0.15) is 24.8 Å². The first kappa shape index (κ1) is 13.1. The second-order valence-electron chi connectivity index (χ2n) is 4.32. The molecule has 0 radical (unpaired) electrons. The average Bonchev–Trinajstić information content (AvgIpc) is 2.78. The number of rotatable bonds is 5. The van der Waals surface area contributed by atoms with Crippen molar-refractivity contribution in [1.29, 1.82) is 0 Å². The van der Waals surface area contributed by atoms with Crippen LogP contribution in [0.2, 0.25) is 0 Å². The molecule has 0 fully saturated rings. The number of likely N-dealkylation sites (N-methyl/N-ethyl adjacent to an activating group) is 1. The van der Waals surface area contributed by atoms with Crippen molar-refractivity contribution in [3.63, 3.8) is 0 Å². The summed E-state index contributed by atoms with van der Waals surface area (Å²) in [7, 11) is 0. The summed E-state index contributed by atoms with van der Waals surface area (Å²) in [6.45, 7) is 4.89. The minimum atomic E-state index is -0.773. The van der Waals surface area contributed by atoms with Gasteiger partial charge in [-0.2, -0.15) is 0 Å². The Morgan fingerprint density at radius 1 is 1.44 bits per heavy atom. The molecule has 2 rings (SSSR count). The highest BCUT2D eigenvalue weighted by Crippen LogP contribution is 2.32. The second-order valence-corrected chi connectivity index (χ2v) is 5.43. The number of carbonyl (C=O) groups is 1. The third-order valence-electron chi connectivity index (χ3n) is 3.15. The molecular formula is C14H17NO2S. The van der Waals surface area contributed by atoms with E-state index >= 15 is 0 Å². The van der Waals surface area contributed by atoms with Gasteiger partial charge in [0.25, 0.3) is 0 Å². The number of hydrogen-bond acceptors (Lipinski definition) is 3. The molecule has 1 aromatic carbocycles. The van der Waals surface area contributed by atoms with E-state index in [4.69, 9.17) is 5.11 Å². The van der Waals surface area contributed by atoms with Gasteiger partial charge in [0, 0.05) is 15.6 Å². The minimum absolute atomic E-state index is 0.0892. The predicted molar refractivity (Wildman–Crippen MR) is 75.1 cm³/mol. The third kappa shape index (κ3) is 2.71. The Bertz CT molecular complexity index is 516. The minimum Gasteiger partial charge on any atom is -0.480 e. The molecule has 0 saturated heterocycles. The molecule has 1 N–H and O–H groups in total. The highest BCUT2D eigenvalue weighted by Gasteiger charge is 2.18. The first-order valence-electron chi connectivity index (χ1n) is 6.06. The maximum Gasteiger partial charge on any atom is 0.317 e. The fourth-order valence-corrected chi connectivity index (χ4v) is 3.24. The zero-order chi connectivity index (χ0) is 13.1. The van der Waals surface area contributed by atoms with Crippen LogP contribution in [0.4, 0.5) is 0 Å². The number of fused-ring (bicyclic) bond motifs is 1. The number of thiophene rings is 1. The largest absolute Gasteiger partial charge is 0.480 e. The van der Waals surface area contributed by atoms with E-state index in [9.17, 15) is 4.79 Å². The zero-order valence-corrected chi connectivity index (χ0v) is 11.4. The Balaban J connectivity index is 2.26. The van der Waals surface area contributed by atoms with E-state index in [2.05, 4.69) is 25.1 Å². The summed E-state index contributed by atoms with van der Waals surface area (Å²) in [5.74, 6) is -0.773. The summed E-state index contributed by atoms with van der Waals surface area (Å²) in [4.78, 5) is 14.0. The lowest BCUT2D eigenvalue weighted by Gasteiger charge is -2.24. The van der Waals surface area contributed by atoms with Crippen LogP contribution in [0.5, 0.6) is 0 Å². The van der Waals surface area contributed by atoms with Crippen molar-refractivity contribution in [3.8, 4) is 0 Å². The number of aliphatic carboxylic acids is 1. The standard InChI is InChI=1S/C14H17NO2S/c1-3-15(9-14(16)17)10(2)13-8-11-6-4-5-7-12(11)18-13/h4-8,10H,3,9H2,1-2H3,(H,16,17). The van der Waals surface area contributed by atoms with Crippen LogP contribution in [0.25, 0.3) is 10.1 Å². The molecule has 96 valence electrons. The normalized spacial score (nSPS) is 13.1. The van der Waals surface area contributed by atoms with Gasteiger partial charge in [0.15, 0.2) is 0 Å². The van der Waals surface area contributed by atoms with E-state index in [1.54, 1.807) is 11.3 Å². The second kappa shape index (κ2) is 5.50. The van der Waals surface area contributed by atoms with Gasteiger partial charge >= 0.3 is 5.97 Å². The van der Waals surface area contributed by atoms with Crippen molar-refractivity contribution in [2.45, 2.75) is 19.9 Å². The molecule has 0 aliphatic rings. The Morgan fingerprint density at radius 2 is 2.17 bits per heavy atom. The number of carboxylic acid groups (broad SMARTS) is 1. The maximum absolute atomic E-state index is 10.8. The third-order valence-corrected chi connectivity index (χ3v) is 4.43. The van der Waals surface area contributed by atoms with Gasteiger partial charge in [-0.1, -0.05) is 25.1 Å². The summed E-state index contributed by atoms with van der Waals surface area (Å²) in [5.41, 5.74) is 0.